The van der Waals surface area contributed by atoms with E-state index in [0.717, 1.165) is 39.0 Å². The van der Waals surface area contributed by atoms with Gasteiger partial charge in [0.1, 0.15) is 0 Å². The summed E-state index contributed by atoms with van der Waals surface area (Å²) in [6, 6.07) is 10.6. The number of nitrogens with zero attached hydrogens (tertiary/aromatic N) is 1. The van der Waals surface area contributed by atoms with E-state index in [4.69, 9.17) is 0 Å². The van der Waals surface area contributed by atoms with E-state index in [2.05, 4.69) is 48.7 Å². The van der Waals surface area contributed by atoms with Crippen LogP contribution in [0.4, 0.5) is 4.79 Å². The van der Waals surface area contributed by atoms with Crippen LogP contribution in [0.15, 0.2) is 30.3 Å². The van der Waals surface area contributed by atoms with Gasteiger partial charge >= 0.3 is 6.03 Å². The highest BCUT2D eigenvalue weighted by Gasteiger charge is 2.21. The number of aryl methyl sites for hydroxylation is 1. The highest BCUT2D eigenvalue weighted by atomic mass is 16.2. The summed E-state index contributed by atoms with van der Waals surface area (Å²) in [7, 11) is 0. The fourth-order valence-corrected chi connectivity index (χ4v) is 2.44. The van der Waals surface area contributed by atoms with Crippen LogP contribution in [0.3, 0.4) is 0 Å². The lowest BCUT2D eigenvalue weighted by molar-refractivity contribution is 0.215. The second kappa shape index (κ2) is 6.75. The second-order valence-electron chi connectivity index (χ2n) is 6.02. The lowest BCUT2D eigenvalue weighted by Gasteiger charge is -2.27. The Morgan fingerprint density at radius 2 is 2.05 bits per heavy atom. The van der Waals surface area contributed by atoms with Crippen molar-refractivity contribution in [1.82, 2.24) is 15.5 Å². The van der Waals surface area contributed by atoms with Crippen LogP contribution in [-0.4, -0.2) is 42.6 Å². The summed E-state index contributed by atoms with van der Waals surface area (Å²) < 4.78 is 0. The van der Waals surface area contributed by atoms with Gasteiger partial charge in [0.2, 0.25) is 0 Å². The van der Waals surface area contributed by atoms with E-state index in [0.29, 0.717) is 0 Å². The van der Waals surface area contributed by atoms with Crippen molar-refractivity contribution < 1.29 is 4.79 Å². The molecule has 0 atom stereocenters. The minimum Gasteiger partial charge on any atom is -0.336 e. The molecule has 1 heterocycles. The van der Waals surface area contributed by atoms with E-state index in [-0.39, 0.29) is 11.6 Å². The van der Waals surface area contributed by atoms with Crippen LogP contribution in [0.2, 0.25) is 0 Å². The number of urea groups is 1. The lowest BCUT2D eigenvalue weighted by atomic mass is 9.95. The Morgan fingerprint density at radius 1 is 1.30 bits per heavy atom. The SMILES string of the molecule is CC(C)(CCc1ccccc1)NCCN1CCNC1=O. The molecule has 1 aromatic carbocycles. The minimum atomic E-state index is 0.0638. The molecular formula is C16H25N3O. The minimum absolute atomic E-state index is 0.0638. The van der Waals surface area contributed by atoms with Gasteiger partial charge in [-0.1, -0.05) is 30.3 Å². The van der Waals surface area contributed by atoms with Crippen LogP contribution in [0.1, 0.15) is 25.8 Å². The molecule has 4 heteroatoms. The summed E-state index contributed by atoms with van der Waals surface area (Å²) in [5, 5.41) is 6.38. The van der Waals surface area contributed by atoms with Crippen molar-refractivity contribution in [1.29, 1.82) is 0 Å². The number of hydrogen-bond acceptors (Lipinski definition) is 2. The van der Waals surface area contributed by atoms with Gasteiger partial charge in [0.05, 0.1) is 0 Å². The van der Waals surface area contributed by atoms with E-state index in [1.54, 1.807) is 0 Å². The summed E-state index contributed by atoms with van der Waals surface area (Å²) in [5.74, 6) is 0. The van der Waals surface area contributed by atoms with E-state index in [9.17, 15) is 4.79 Å². The van der Waals surface area contributed by atoms with Crippen LogP contribution < -0.4 is 10.6 Å². The predicted molar refractivity (Wildman–Crippen MR) is 81.8 cm³/mol. The van der Waals surface area contributed by atoms with E-state index >= 15 is 0 Å². The molecule has 2 rings (SSSR count). The van der Waals surface area contributed by atoms with Crippen LogP contribution >= 0.6 is 0 Å². The topological polar surface area (TPSA) is 44.4 Å². The third-order valence-corrected chi connectivity index (χ3v) is 3.81. The fourth-order valence-electron chi connectivity index (χ4n) is 2.44. The molecule has 2 amide bonds. The first-order chi connectivity index (χ1) is 9.57. The summed E-state index contributed by atoms with van der Waals surface area (Å²) in [4.78, 5) is 13.3. The number of carbonyl (C=O) groups is 1. The molecule has 0 aliphatic carbocycles. The van der Waals surface area contributed by atoms with Crippen molar-refractivity contribution in [2.45, 2.75) is 32.2 Å². The third kappa shape index (κ3) is 4.53. The van der Waals surface area contributed by atoms with E-state index in [1.807, 2.05) is 11.0 Å². The van der Waals surface area contributed by atoms with Gasteiger partial charge in [-0.15, -0.1) is 0 Å². The zero-order valence-corrected chi connectivity index (χ0v) is 12.5. The molecule has 2 N–H and O–H groups in total. The van der Waals surface area contributed by atoms with Crippen LogP contribution in [0.5, 0.6) is 0 Å². The van der Waals surface area contributed by atoms with Crippen LogP contribution in [-0.2, 0) is 6.42 Å². The third-order valence-electron chi connectivity index (χ3n) is 3.81. The molecule has 1 aromatic rings. The van der Waals surface area contributed by atoms with Gasteiger partial charge in [-0.25, -0.2) is 4.79 Å². The fraction of sp³-hybridized carbons (Fsp3) is 0.562. The molecule has 0 bridgehead atoms. The average molecular weight is 275 g/mol. The molecule has 1 aliphatic heterocycles. The average Bonchev–Trinajstić information content (AvgIpc) is 2.83. The lowest BCUT2D eigenvalue weighted by Crippen LogP contribution is -2.44. The molecule has 0 unspecified atom stereocenters. The molecule has 0 aromatic heterocycles. The van der Waals surface area contributed by atoms with E-state index in [1.165, 1.54) is 5.56 Å². The number of carbonyl (C=O) groups excluding carboxylic acids is 1. The number of amides is 2. The zero-order chi connectivity index (χ0) is 14.4. The Morgan fingerprint density at radius 3 is 2.70 bits per heavy atom. The maximum Gasteiger partial charge on any atom is 0.317 e. The van der Waals surface area contributed by atoms with Gasteiger partial charge in [-0.2, -0.15) is 0 Å². The van der Waals surface area contributed by atoms with E-state index < -0.39 is 0 Å². The van der Waals surface area contributed by atoms with Crippen molar-refractivity contribution in [2.24, 2.45) is 0 Å². The number of rotatable bonds is 7. The van der Waals surface area contributed by atoms with Crippen molar-refractivity contribution in [3.05, 3.63) is 35.9 Å². The molecule has 20 heavy (non-hydrogen) atoms. The van der Waals surface area contributed by atoms with Crippen molar-refractivity contribution in [3.63, 3.8) is 0 Å². The number of benzene rings is 1. The maximum atomic E-state index is 11.4. The quantitative estimate of drug-likeness (QED) is 0.799. The molecule has 0 radical (unpaired) electrons. The van der Waals surface area contributed by atoms with Crippen molar-refractivity contribution in [3.8, 4) is 0 Å². The molecule has 110 valence electrons. The number of hydrogen-bond donors (Lipinski definition) is 2. The monoisotopic (exact) mass is 275 g/mol. The Labute approximate surface area is 121 Å². The van der Waals surface area contributed by atoms with Gasteiger partial charge in [-0.3, -0.25) is 0 Å². The number of nitrogens with one attached hydrogen (secondary N) is 2. The van der Waals surface area contributed by atoms with Gasteiger partial charge in [0, 0.05) is 31.7 Å². The molecule has 4 nitrogen and oxygen atoms in total. The molecule has 1 saturated heterocycles. The molecule has 0 saturated carbocycles. The smallest absolute Gasteiger partial charge is 0.317 e. The van der Waals surface area contributed by atoms with Crippen molar-refractivity contribution >= 4 is 6.03 Å². The van der Waals surface area contributed by atoms with Gasteiger partial charge in [0.15, 0.2) is 0 Å². The van der Waals surface area contributed by atoms with Gasteiger partial charge in [0.25, 0.3) is 0 Å². The van der Waals surface area contributed by atoms with Gasteiger partial charge in [-0.05, 0) is 32.3 Å². The molecule has 0 spiro atoms. The Hall–Kier alpha value is -1.55. The standard InChI is InChI=1S/C16H25N3O/c1-16(2,9-8-14-6-4-3-5-7-14)18-11-13-19-12-10-17-15(19)20/h3-7,18H,8-13H2,1-2H3,(H,17,20). The summed E-state index contributed by atoms with van der Waals surface area (Å²) in [6.07, 6.45) is 2.16. The molecule has 1 fully saturated rings. The Kier molecular flexibility index (Phi) is 5.01. The maximum absolute atomic E-state index is 11.4. The first kappa shape index (κ1) is 14.9. The highest BCUT2D eigenvalue weighted by Crippen LogP contribution is 2.13. The largest absolute Gasteiger partial charge is 0.336 e. The molecular weight excluding hydrogens is 250 g/mol. The van der Waals surface area contributed by atoms with Gasteiger partial charge < -0.3 is 15.5 Å². The first-order valence-electron chi connectivity index (χ1n) is 7.39. The van der Waals surface area contributed by atoms with Crippen molar-refractivity contribution in [2.75, 3.05) is 26.2 Å². The summed E-state index contributed by atoms with van der Waals surface area (Å²) in [6.45, 7) is 7.66. The zero-order valence-electron chi connectivity index (χ0n) is 12.5. The second-order valence-corrected chi connectivity index (χ2v) is 6.02. The van der Waals surface area contributed by atoms with Crippen LogP contribution in [0, 0.1) is 0 Å². The predicted octanol–water partition coefficient (Wildman–Crippen LogP) is 2.01. The highest BCUT2D eigenvalue weighted by molar-refractivity contribution is 5.76. The molecule has 1 aliphatic rings. The summed E-state index contributed by atoms with van der Waals surface area (Å²) in [5.41, 5.74) is 1.47. The normalized spacial score (nSPS) is 15.5. The Balaban J connectivity index is 1.69. The first-order valence-corrected chi connectivity index (χ1v) is 7.39. The summed E-state index contributed by atoms with van der Waals surface area (Å²) >= 11 is 0. The van der Waals surface area contributed by atoms with Crippen LogP contribution in [0.25, 0.3) is 0 Å². The Bertz CT molecular complexity index is 431.